The van der Waals surface area contributed by atoms with Gasteiger partial charge in [0.15, 0.2) is 11.9 Å². The maximum Gasteiger partial charge on any atom is 0.443 e. The van der Waals surface area contributed by atoms with Gasteiger partial charge in [0, 0.05) is 0 Å². The molecule has 9 heteroatoms. The molecule has 0 aliphatic heterocycles. The average molecular weight is 259 g/mol. The van der Waals surface area contributed by atoms with E-state index in [-0.39, 0.29) is 11.9 Å². The summed E-state index contributed by atoms with van der Waals surface area (Å²) in [6.07, 6.45) is 0. The molecule has 0 radical (unpaired) electrons. The lowest BCUT2D eigenvalue weighted by Crippen LogP contribution is -2.40. The van der Waals surface area contributed by atoms with Crippen LogP contribution >= 0.6 is 35.1 Å². The van der Waals surface area contributed by atoms with Gasteiger partial charge in [0.05, 0.1) is 14.1 Å². The third kappa shape index (κ3) is 4.11. The number of hydrogen-bond acceptors (Lipinski definition) is 3. The SMILES string of the molecule is C[N+](C)(SC(F)(Cl)Cl)S(=O)(=O)O. The summed E-state index contributed by atoms with van der Waals surface area (Å²) in [7, 11) is -2.39. The molecule has 0 saturated heterocycles. The average Bonchev–Trinajstić information content (AvgIpc) is 1.52. The molecule has 0 atom stereocenters. The summed E-state index contributed by atoms with van der Waals surface area (Å²) in [5.41, 5.74) is 0. The topological polar surface area (TPSA) is 54.4 Å². The van der Waals surface area contributed by atoms with Gasteiger partial charge in [-0.25, -0.2) is 4.55 Å². The molecule has 1 N–H and O–H groups in total. The summed E-state index contributed by atoms with van der Waals surface area (Å²) >= 11 is 9.82. The highest BCUT2D eigenvalue weighted by molar-refractivity contribution is 8.04. The first kappa shape index (κ1) is 12.7. The van der Waals surface area contributed by atoms with Crippen LogP contribution in [-0.2, 0) is 10.3 Å². The van der Waals surface area contributed by atoms with Crippen molar-refractivity contribution < 1.29 is 20.7 Å². The van der Waals surface area contributed by atoms with Crippen molar-refractivity contribution in [1.29, 1.82) is 0 Å². The maximum atomic E-state index is 12.5. The van der Waals surface area contributed by atoms with Crippen LogP contribution in [-0.4, -0.2) is 34.3 Å². The Kier molecular flexibility index (Phi) is 3.68. The summed E-state index contributed by atoms with van der Waals surface area (Å²) in [4.78, 5) is 0. The third-order valence-electron chi connectivity index (χ3n) is 0.879. The zero-order chi connectivity index (χ0) is 10.2. The Morgan fingerprint density at radius 2 is 1.83 bits per heavy atom. The Hall–Kier alpha value is 0.730. The third-order valence-corrected chi connectivity index (χ3v) is 3.84. The van der Waals surface area contributed by atoms with E-state index in [1.807, 2.05) is 0 Å². The molecule has 0 aromatic carbocycles. The smallest absolute Gasteiger partial charge is 0.241 e. The molecule has 12 heavy (non-hydrogen) atoms. The minimum Gasteiger partial charge on any atom is -0.241 e. The molecule has 0 aliphatic rings. The lowest BCUT2D eigenvalue weighted by atomic mass is 11.3. The second kappa shape index (κ2) is 3.47. The van der Waals surface area contributed by atoms with E-state index < -0.39 is 17.5 Å². The zero-order valence-electron chi connectivity index (χ0n) is 6.16. The zero-order valence-corrected chi connectivity index (χ0v) is 9.31. The highest BCUT2D eigenvalue weighted by Crippen LogP contribution is 2.42. The summed E-state index contributed by atoms with van der Waals surface area (Å²) in [6, 6.07) is 0. The van der Waals surface area contributed by atoms with Crippen molar-refractivity contribution in [1.82, 2.24) is 0 Å². The molecule has 0 fully saturated rings. The van der Waals surface area contributed by atoms with Gasteiger partial charge in [0.25, 0.3) is 0 Å². The van der Waals surface area contributed by atoms with E-state index in [1.165, 1.54) is 0 Å². The van der Waals surface area contributed by atoms with Gasteiger partial charge in [-0.3, -0.25) is 0 Å². The highest BCUT2D eigenvalue weighted by atomic mass is 35.5. The summed E-state index contributed by atoms with van der Waals surface area (Å²) in [5, 5.41) is 0. The normalized spacial score (nSPS) is 14.8. The van der Waals surface area contributed by atoms with Crippen molar-refractivity contribution in [3.8, 4) is 0 Å². The van der Waals surface area contributed by atoms with Crippen LogP contribution in [0.25, 0.3) is 0 Å². The molecule has 0 aliphatic carbocycles. The lowest BCUT2D eigenvalue weighted by Gasteiger charge is -2.23. The number of quaternary nitrogens is 1. The Balaban J connectivity index is 4.68. The van der Waals surface area contributed by atoms with Crippen molar-refractivity contribution in [2.75, 3.05) is 14.1 Å². The van der Waals surface area contributed by atoms with E-state index in [0.29, 0.717) is 0 Å². The van der Waals surface area contributed by atoms with E-state index in [1.54, 1.807) is 0 Å². The molecule has 0 amide bonds. The number of rotatable bonds is 3. The Morgan fingerprint density at radius 3 is 1.92 bits per heavy atom. The molecular weight excluding hydrogens is 252 g/mol. The van der Waals surface area contributed by atoms with Crippen molar-refractivity contribution in [3.05, 3.63) is 0 Å². The molecule has 4 nitrogen and oxygen atoms in total. The van der Waals surface area contributed by atoms with E-state index in [4.69, 9.17) is 27.8 Å². The predicted octanol–water partition coefficient (Wildman–Crippen LogP) is 1.57. The lowest BCUT2D eigenvalue weighted by molar-refractivity contribution is -0.614. The number of alkyl halides is 3. The molecule has 0 saturated carbocycles. The molecular formula is C3H7Cl2FNO3S2+. The molecule has 0 rings (SSSR count). The van der Waals surface area contributed by atoms with Gasteiger partial charge < -0.3 is 0 Å². The van der Waals surface area contributed by atoms with E-state index in [9.17, 15) is 12.8 Å². The number of hydrogen-bond donors (Lipinski definition) is 1. The van der Waals surface area contributed by atoms with Gasteiger partial charge in [-0.1, -0.05) is 0 Å². The molecule has 0 aromatic rings. The van der Waals surface area contributed by atoms with Crippen LogP contribution in [0.2, 0.25) is 0 Å². The summed E-state index contributed by atoms with van der Waals surface area (Å²) in [5.74, 6) is 0. The van der Waals surface area contributed by atoms with Crippen LogP contribution in [0.3, 0.4) is 0 Å². The van der Waals surface area contributed by atoms with Gasteiger partial charge in [0.1, 0.15) is 0 Å². The van der Waals surface area contributed by atoms with E-state index >= 15 is 0 Å². The van der Waals surface area contributed by atoms with Gasteiger partial charge in [0.2, 0.25) is 0 Å². The van der Waals surface area contributed by atoms with Crippen LogP contribution in [0.15, 0.2) is 0 Å². The molecule has 0 aromatic heterocycles. The first-order valence-corrected chi connectivity index (χ1v) is 5.47. The second-order valence-electron chi connectivity index (χ2n) is 2.24. The fraction of sp³-hybridized carbons (Fsp3) is 1.00. The quantitative estimate of drug-likeness (QED) is 0.362. The molecule has 74 valence electrons. The minimum atomic E-state index is -4.44. The van der Waals surface area contributed by atoms with Gasteiger partial charge in [-0.05, 0) is 23.2 Å². The largest absolute Gasteiger partial charge is 0.443 e. The van der Waals surface area contributed by atoms with Crippen molar-refractivity contribution in [2.24, 2.45) is 0 Å². The minimum absolute atomic E-state index is 0.0297. The first-order chi connectivity index (χ1) is 4.96. The fourth-order valence-corrected chi connectivity index (χ4v) is 2.76. The van der Waals surface area contributed by atoms with Crippen LogP contribution in [0, 0.1) is 0 Å². The van der Waals surface area contributed by atoms with Crippen LogP contribution in [0.4, 0.5) is 4.39 Å². The molecule has 0 heterocycles. The Morgan fingerprint density at radius 1 is 1.50 bits per heavy atom. The Labute approximate surface area is 84.2 Å². The standard InChI is InChI=1S/C3H6Cl2FNO3S2/c1-7(2,12(8,9)10)11-3(4,5)6/h1-2H3/p+1. The van der Waals surface area contributed by atoms with Gasteiger partial charge >= 0.3 is 14.2 Å². The van der Waals surface area contributed by atoms with Gasteiger partial charge in [-0.2, -0.15) is 4.39 Å². The van der Waals surface area contributed by atoms with Crippen molar-refractivity contribution in [3.63, 3.8) is 0 Å². The Bertz CT molecular complexity index is 259. The van der Waals surface area contributed by atoms with Crippen LogP contribution in [0.5, 0.6) is 0 Å². The van der Waals surface area contributed by atoms with E-state index in [2.05, 4.69) is 0 Å². The van der Waals surface area contributed by atoms with Crippen molar-refractivity contribution in [2.45, 2.75) is 3.92 Å². The molecule has 0 spiro atoms. The molecule has 0 unspecified atom stereocenters. The first-order valence-electron chi connectivity index (χ1n) is 2.55. The fourth-order valence-electron chi connectivity index (χ4n) is 0.296. The van der Waals surface area contributed by atoms with Gasteiger partial charge in [-0.15, -0.1) is 11.7 Å². The number of nitrogens with zero attached hydrogens (tertiary/aromatic N) is 1. The molecule has 0 bridgehead atoms. The van der Waals surface area contributed by atoms with Crippen LogP contribution in [0.1, 0.15) is 0 Å². The highest BCUT2D eigenvalue weighted by Gasteiger charge is 2.44. The van der Waals surface area contributed by atoms with E-state index in [0.717, 1.165) is 14.1 Å². The second-order valence-corrected chi connectivity index (χ2v) is 7.62. The summed E-state index contributed by atoms with van der Waals surface area (Å²) < 4.78 is 38.3. The summed E-state index contributed by atoms with van der Waals surface area (Å²) in [6.45, 7) is 0. The maximum absolute atomic E-state index is 12.5. The van der Waals surface area contributed by atoms with Crippen molar-refractivity contribution >= 4 is 45.5 Å². The predicted molar refractivity (Wildman–Crippen MR) is 46.8 cm³/mol. The van der Waals surface area contributed by atoms with Crippen LogP contribution < -0.4 is 0 Å². The monoisotopic (exact) mass is 258 g/mol. The number of halogens is 3.